The molecule has 0 unspecified atom stereocenters. The average Bonchev–Trinajstić information content (AvgIpc) is 2.54. The van der Waals surface area contributed by atoms with Crippen LogP contribution >= 0.6 is 0 Å². The highest BCUT2D eigenvalue weighted by molar-refractivity contribution is 7.89. The van der Waals surface area contributed by atoms with Crippen molar-refractivity contribution < 1.29 is 8.42 Å². The fourth-order valence-corrected chi connectivity index (χ4v) is 3.85. The Labute approximate surface area is 130 Å². The minimum Gasteiger partial charge on any atom is -0.252 e. The third-order valence-electron chi connectivity index (χ3n) is 3.66. The summed E-state index contributed by atoms with van der Waals surface area (Å²) in [5, 5.41) is 9.47. The Kier molecular flexibility index (Phi) is 3.47. The molecule has 0 amide bonds. The Hall–Kier alpha value is -2.58. The van der Waals surface area contributed by atoms with Crippen LogP contribution < -0.4 is 0 Å². The zero-order valence-electron chi connectivity index (χ0n) is 12.0. The standard InChI is InChI=1S/C17H14N2O2S/c1-13-6-8-15(9-7-13)22(20,21)19-11-10-14-4-2-3-5-16(14)17(19)12-18/h2-11,17H,1H3/t17-/m0/s1. The molecule has 110 valence electrons. The van der Waals surface area contributed by atoms with Gasteiger partial charge < -0.3 is 0 Å². The van der Waals surface area contributed by atoms with E-state index >= 15 is 0 Å². The van der Waals surface area contributed by atoms with Crippen LogP contribution in [-0.2, 0) is 10.0 Å². The van der Waals surface area contributed by atoms with Crippen molar-refractivity contribution in [2.24, 2.45) is 0 Å². The number of nitriles is 1. The minimum atomic E-state index is -3.76. The first-order valence-corrected chi connectivity index (χ1v) is 8.25. The fourth-order valence-electron chi connectivity index (χ4n) is 2.47. The number of aryl methyl sites for hydroxylation is 1. The summed E-state index contributed by atoms with van der Waals surface area (Å²) in [5.74, 6) is 0. The van der Waals surface area contributed by atoms with E-state index in [4.69, 9.17) is 0 Å². The van der Waals surface area contributed by atoms with E-state index in [1.54, 1.807) is 42.5 Å². The average molecular weight is 310 g/mol. The number of hydrogen-bond donors (Lipinski definition) is 0. The molecular weight excluding hydrogens is 296 g/mol. The molecule has 1 aliphatic heterocycles. The van der Waals surface area contributed by atoms with Gasteiger partial charge in [0.15, 0.2) is 6.04 Å². The van der Waals surface area contributed by atoms with Crippen LogP contribution in [0.1, 0.15) is 22.7 Å². The Morgan fingerprint density at radius 3 is 2.45 bits per heavy atom. The third kappa shape index (κ3) is 2.28. The molecule has 0 saturated heterocycles. The predicted molar refractivity (Wildman–Crippen MR) is 84.0 cm³/mol. The van der Waals surface area contributed by atoms with E-state index in [2.05, 4.69) is 6.07 Å². The van der Waals surface area contributed by atoms with Gasteiger partial charge in [0.1, 0.15) is 0 Å². The Bertz CT molecular complexity index is 878. The van der Waals surface area contributed by atoms with Gasteiger partial charge in [-0.3, -0.25) is 4.31 Å². The number of benzene rings is 2. The lowest BCUT2D eigenvalue weighted by Crippen LogP contribution is -2.31. The van der Waals surface area contributed by atoms with Crippen molar-refractivity contribution in [1.29, 1.82) is 5.26 Å². The maximum absolute atomic E-state index is 12.8. The summed E-state index contributed by atoms with van der Waals surface area (Å²) in [6, 6.07) is 15.2. The van der Waals surface area contributed by atoms with E-state index < -0.39 is 16.1 Å². The summed E-state index contributed by atoms with van der Waals surface area (Å²) in [6.45, 7) is 1.89. The molecule has 0 radical (unpaired) electrons. The van der Waals surface area contributed by atoms with Gasteiger partial charge in [-0.1, -0.05) is 42.0 Å². The van der Waals surface area contributed by atoms with Crippen LogP contribution in [0.15, 0.2) is 59.6 Å². The second-order valence-electron chi connectivity index (χ2n) is 5.12. The highest BCUT2D eigenvalue weighted by atomic mass is 32.2. The molecule has 2 aromatic rings. The lowest BCUT2D eigenvalue weighted by Gasteiger charge is -2.29. The van der Waals surface area contributed by atoms with E-state index in [0.717, 1.165) is 15.4 Å². The van der Waals surface area contributed by atoms with Crippen molar-refractivity contribution >= 4 is 16.1 Å². The molecule has 0 saturated carbocycles. The molecule has 0 aliphatic carbocycles. The maximum Gasteiger partial charge on any atom is 0.265 e. The van der Waals surface area contributed by atoms with Crippen LogP contribution in [0.4, 0.5) is 0 Å². The van der Waals surface area contributed by atoms with Gasteiger partial charge in [-0.2, -0.15) is 5.26 Å². The van der Waals surface area contributed by atoms with Gasteiger partial charge in [-0.15, -0.1) is 0 Å². The molecular formula is C17H14N2O2S. The second-order valence-corrected chi connectivity index (χ2v) is 6.97. The van der Waals surface area contributed by atoms with Crippen LogP contribution in [0.2, 0.25) is 0 Å². The first-order chi connectivity index (χ1) is 10.5. The number of nitrogens with zero attached hydrogens (tertiary/aromatic N) is 2. The van der Waals surface area contributed by atoms with Gasteiger partial charge in [0.25, 0.3) is 10.0 Å². The molecule has 0 N–H and O–H groups in total. The van der Waals surface area contributed by atoms with Crippen LogP contribution in [0.5, 0.6) is 0 Å². The minimum absolute atomic E-state index is 0.183. The van der Waals surface area contributed by atoms with Gasteiger partial charge in [-0.25, -0.2) is 8.42 Å². The summed E-state index contributed by atoms with van der Waals surface area (Å²) < 4.78 is 26.7. The third-order valence-corrected chi connectivity index (χ3v) is 5.42. The summed E-state index contributed by atoms with van der Waals surface area (Å²) in [6.07, 6.45) is 3.18. The molecule has 22 heavy (non-hydrogen) atoms. The van der Waals surface area contributed by atoms with E-state index in [0.29, 0.717) is 5.56 Å². The fraction of sp³-hybridized carbons (Fsp3) is 0.118. The lowest BCUT2D eigenvalue weighted by molar-refractivity contribution is 0.461. The summed E-state index contributed by atoms with van der Waals surface area (Å²) in [4.78, 5) is 0.183. The maximum atomic E-state index is 12.8. The molecule has 1 heterocycles. The summed E-state index contributed by atoms with van der Waals surface area (Å²) >= 11 is 0. The molecule has 0 spiro atoms. The first kappa shape index (κ1) is 14.4. The van der Waals surface area contributed by atoms with Gasteiger partial charge in [-0.05, 0) is 36.3 Å². The molecule has 0 aromatic heterocycles. The van der Waals surface area contributed by atoms with Crippen molar-refractivity contribution in [3.63, 3.8) is 0 Å². The number of hydrogen-bond acceptors (Lipinski definition) is 3. The van der Waals surface area contributed by atoms with E-state index in [9.17, 15) is 13.7 Å². The van der Waals surface area contributed by atoms with Crippen LogP contribution in [0, 0.1) is 18.3 Å². The predicted octanol–water partition coefficient (Wildman–Crippen LogP) is 3.23. The Balaban J connectivity index is 2.09. The highest BCUT2D eigenvalue weighted by Crippen LogP contribution is 2.34. The first-order valence-electron chi connectivity index (χ1n) is 6.81. The van der Waals surface area contributed by atoms with E-state index in [1.165, 1.54) is 6.20 Å². The topological polar surface area (TPSA) is 61.2 Å². The van der Waals surface area contributed by atoms with Crippen LogP contribution in [-0.4, -0.2) is 12.7 Å². The molecule has 1 aliphatic rings. The van der Waals surface area contributed by atoms with E-state index in [1.807, 2.05) is 19.1 Å². The van der Waals surface area contributed by atoms with Crippen LogP contribution in [0.3, 0.4) is 0 Å². The molecule has 2 aromatic carbocycles. The largest absolute Gasteiger partial charge is 0.265 e. The summed E-state index contributed by atoms with van der Waals surface area (Å²) in [7, 11) is -3.76. The van der Waals surface area contributed by atoms with Gasteiger partial charge in [0, 0.05) is 6.20 Å². The smallest absolute Gasteiger partial charge is 0.252 e. The van der Waals surface area contributed by atoms with Gasteiger partial charge >= 0.3 is 0 Å². The number of rotatable bonds is 2. The van der Waals surface area contributed by atoms with Crippen molar-refractivity contribution in [1.82, 2.24) is 4.31 Å². The van der Waals surface area contributed by atoms with Gasteiger partial charge in [0.2, 0.25) is 0 Å². The monoisotopic (exact) mass is 310 g/mol. The Morgan fingerprint density at radius 1 is 1.09 bits per heavy atom. The molecule has 1 atom stereocenters. The zero-order chi connectivity index (χ0) is 15.7. The zero-order valence-corrected chi connectivity index (χ0v) is 12.8. The number of sulfonamides is 1. The normalized spacial score (nSPS) is 16.9. The summed E-state index contributed by atoms with van der Waals surface area (Å²) in [5.41, 5.74) is 2.54. The molecule has 5 heteroatoms. The van der Waals surface area contributed by atoms with E-state index in [-0.39, 0.29) is 4.90 Å². The highest BCUT2D eigenvalue weighted by Gasteiger charge is 2.32. The van der Waals surface area contributed by atoms with Gasteiger partial charge in [0.05, 0.1) is 11.0 Å². The molecule has 4 nitrogen and oxygen atoms in total. The van der Waals surface area contributed by atoms with Crippen molar-refractivity contribution in [3.05, 3.63) is 71.4 Å². The molecule has 0 fully saturated rings. The van der Waals surface area contributed by atoms with Crippen molar-refractivity contribution in [2.45, 2.75) is 17.9 Å². The lowest BCUT2D eigenvalue weighted by atomic mass is 9.99. The quantitative estimate of drug-likeness (QED) is 0.855. The Morgan fingerprint density at radius 2 is 1.77 bits per heavy atom. The van der Waals surface area contributed by atoms with Crippen molar-refractivity contribution in [3.8, 4) is 6.07 Å². The second kappa shape index (κ2) is 5.32. The number of fused-ring (bicyclic) bond motifs is 1. The SMILES string of the molecule is Cc1ccc(S(=O)(=O)N2C=Cc3ccccc3[C@@H]2C#N)cc1. The van der Waals surface area contributed by atoms with Crippen molar-refractivity contribution in [2.75, 3.05) is 0 Å². The van der Waals surface area contributed by atoms with Crippen LogP contribution in [0.25, 0.3) is 6.08 Å². The molecule has 0 bridgehead atoms. The molecule has 3 rings (SSSR count).